The number of anilines is 1. The molecule has 0 fully saturated rings. The second kappa shape index (κ2) is 6.04. The number of rotatable bonds is 5. The first-order valence-electron chi connectivity index (χ1n) is 6.22. The molecule has 0 atom stereocenters. The number of hydrogen-bond acceptors (Lipinski definition) is 3. The third-order valence-electron chi connectivity index (χ3n) is 2.55. The molecule has 0 aliphatic heterocycles. The normalized spacial score (nSPS) is 10.2. The van der Waals surface area contributed by atoms with Crippen LogP contribution in [0.25, 0.3) is 0 Å². The van der Waals surface area contributed by atoms with E-state index in [9.17, 15) is 4.79 Å². The molecule has 1 amide bonds. The zero-order valence-electron chi connectivity index (χ0n) is 11.1. The lowest BCUT2D eigenvalue weighted by molar-refractivity contribution is 0.102. The van der Waals surface area contributed by atoms with Gasteiger partial charge in [-0.3, -0.25) is 9.48 Å². The predicted octanol–water partition coefficient (Wildman–Crippen LogP) is 2.46. The summed E-state index contributed by atoms with van der Waals surface area (Å²) in [5, 5.41) is 6.77. The first-order valence-corrected chi connectivity index (χ1v) is 6.22. The zero-order chi connectivity index (χ0) is 13.7. The van der Waals surface area contributed by atoms with Crippen LogP contribution in [-0.2, 0) is 7.05 Å². The van der Waals surface area contributed by atoms with Crippen LogP contribution in [0.3, 0.4) is 0 Å². The molecule has 0 aliphatic carbocycles. The summed E-state index contributed by atoms with van der Waals surface area (Å²) in [6, 6.07) is 7.32. The predicted molar refractivity (Wildman–Crippen MR) is 73.4 cm³/mol. The summed E-state index contributed by atoms with van der Waals surface area (Å²) in [4.78, 5) is 11.9. The van der Waals surface area contributed by atoms with Gasteiger partial charge in [-0.05, 0) is 30.7 Å². The summed E-state index contributed by atoms with van der Waals surface area (Å²) in [5.41, 5.74) is 1.27. The molecule has 0 aliphatic rings. The fourth-order valence-electron chi connectivity index (χ4n) is 1.60. The molecular weight excluding hydrogens is 242 g/mol. The van der Waals surface area contributed by atoms with E-state index in [0.717, 1.165) is 17.9 Å². The number of nitrogens with zero attached hydrogens (tertiary/aromatic N) is 2. The average Bonchev–Trinajstić information content (AvgIpc) is 2.85. The minimum absolute atomic E-state index is 0.171. The van der Waals surface area contributed by atoms with Crippen molar-refractivity contribution in [2.75, 3.05) is 11.9 Å². The first-order chi connectivity index (χ1) is 9.19. The summed E-state index contributed by atoms with van der Waals surface area (Å²) in [5.74, 6) is 0.636. The lowest BCUT2D eigenvalue weighted by Crippen LogP contribution is -2.10. The minimum atomic E-state index is -0.171. The quantitative estimate of drug-likeness (QED) is 0.897. The fourth-order valence-corrected chi connectivity index (χ4v) is 1.60. The molecule has 1 aromatic heterocycles. The highest BCUT2D eigenvalue weighted by Crippen LogP contribution is 2.16. The molecule has 5 heteroatoms. The zero-order valence-corrected chi connectivity index (χ0v) is 11.1. The summed E-state index contributed by atoms with van der Waals surface area (Å²) in [7, 11) is 1.77. The van der Waals surface area contributed by atoms with E-state index in [4.69, 9.17) is 4.74 Å². The number of carbonyl (C=O) groups excluding carboxylic acids is 1. The Bertz CT molecular complexity index is 546. The summed E-state index contributed by atoms with van der Waals surface area (Å²) in [6.07, 6.45) is 4.18. The summed E-state index contributed by atoms with van der Waals surface area (Å²) in [6.45, 7) is 2.75. The van der Waals surface area contributed by atoms with E-state index in [1.807, 2.05) is 24.3 Å². The molecule has 1 N–H and O–H groups in total. The van der Waals surface area contributed by atoms with Crippen LogP contribution in [0.1, 0.15) is 23.7 Å². The van der Waals surface area contributed by atoms with Gasteiger partial charge in [-0.1, -0.05) is 6.92 Å². The molecule has 1 aromatic carbocycles. The number of carbonyl (C=O) groups is 1. The number of ether oxygens (including phenoxy) is 1. The SMILES string of the molecule is CCCOc1ccc(NC(=O)c2cnn(C)c2)cc1. The number of hydrogen-bond donors (Lipinski definition) is 1. The molecule has 2 aromatic rings. The minimum Gasteiger partial charge on any atom is -0.494 e. The first kappa shape index (κ1) is 13.1. The highest BCUT2D eigenvalue weighted by Gasteiger charge is 2.07. The second-order valence-electron chi connectivity index (χ2n) is 4.23. The van der Waals surface area contributed by atoms with E-state index in [1.54, 1.807) is 17.9 Å². The van der Waals surface area contributed by atoms with Gasteiger partial charge < -0.3 is 10.1 Å². The van der Waals surface area contributed by atoms with E-state index in [-0.39, 0.29) is 5.91 Å². The van der Waals surface area contributed by atoms with E-state index in [2.05, 4.69) is 17.3 Å². The monoisotopic (exact) mass is 259 g/mol. The summed E-state index contributed by atoms with van der Waals surface area (Å²) >= 11 is 0. The van der Waals surface area contributed by atoms with Crippen molar-refractivity contribution in [3.05, 3.63) is 42.2 Å². The van der Waals surface area contributed by atoms with E-state index >= 15 is 0 Å². The Morgan fingerprint density at radius 3 is 2.68 bits per heavy atom. The largest absolute Gasteiger partial charge is 0.494 e. The number of nitrogens with one attached hydrogen (secondary N) is 1. The van der Waals surface area contributed by atoms with Gasteiger partial charge in [0.2, 0.25) is 0 Å². The van der Waals surface area contributed by atoms with Gasteiger partial charge in [0.25, 0.3) is 5.91 Å². The third-order valence-corrected chi connectivity index (χ3v) is 2.55. The number of amides is 1. The van der Waals surface area contributed by atoms with Crippen LogP contribution in [0.15, 0.2) is 36.7 Å². The smallest absolute Gasteiger partial charge is 0.258 e. The van der Waals surface area contributed by atoms with E-state index < -0.39 is 0 Å². The van der Waals surface area contributed by atoms with Gasteiger partial charge in [-0.2, -0.15) is 5.10 Å². The molecular formula is C14H17N3O2. The number of aryl methyl sites for hydroxylation is 1. The van der Waals surface area contributed by atoms with Crippen LogP contribution < -0.4 is 10.1 Å². The lowest BCUT2D eigenvalue weighted by atomic mass is 10.2. The van der Waals surface area contributed by atoms with Crippen molar-refractivity contribution in [1.29, 1.82) is 0 Å². The lowest BCUT2D eigenvalue weighted by Gasteiger charge is -2.06. The van der Waals surface area contributed by atoms with Crippen LogP contribution in [0, 0.1) is 0 Å². The Kier molecular flexibility index (Phi) is 4.18. The van der Waals surface area contributed by atoms with Crippen LogP contribution >= 0.6 is 0 Å². The van der Waals surface area contributed by atoms with Crippen LogP contribution in [-0.4, -0.2) is 22.3 Å². The van der Waals surface area contributed by atoms with Crippen molar-refractivity contribution in [2.24, 2.45) is 7.05 Å². The van der Waals surface area contributed by atoms with Crippen LogP contribution in [0.2, 0.25) is 0 Å². The second-order valence-corrected chi connectivity index (χ2v) is 4.23. The molecule has 2 rings (SSSR count). The molecule has 1 heterocycles. The van der Waals surface area contributed by atoms with Crippen molar-refractivity contribution in [2.45, 2.75) is 13.3 Å². The number of benzene rings is 1. The summed E-state index contributed by atoms with van der Waals surface area (Å²) < 4.78 is 7.07. The fraction of sp³-hybridized carbons (Fsp3) is 0.286. The van der Waals surface area contributed by atoms with Gasteiger partial charge in [0.05, 0.1) is 18.4 Å². The van der Waals surface area contributed by atoms with Crippen molar-refractivity contribution in [3.8, 4) is 5.75 Å². The Morgan fingerprint density at radius 2 is 2.11 bits per heavy atom. The van der Waals surface area contributed by atoms with Crippen LogP contribution in [0.5, 0.6) is 5.75 Å². The van der Waals surface area contributed by atoms with Gasteiger partial charge in [0.15, 0.2) is 0 Å². The Hall–Kier alpha value is -2.30. The molecule has 5 nitrogen and oxygen atoms in total. The number of aromatic nitrogens is 2. The van der Waals surface area contributed by atoms with Crippen molar-refractivity contribution < 1.29 is 9.53 Å². The highest BCUT2D eigenvalue weighted by atomic mass is 16.5. The molecule has 0 saturated heterocycles. The van der Waals surface area contributed by atoms with Gasteiger partial charge >= 0.3 is 0 Å². The Balaban J connectivity index is 1.97. The van der Waals surface area contributed by atoms with Crippen molar-refractivity contribution in [1.82, 2.24) is 9.78 Å². The van der Waals surface area contributed by atoms with Crippen molar-refractivity contribution in [3.63, 3.8) is 0 Å². The maximum Gasteiger partial charge on any atom is 0.258 e. The molecule has 0 spiro atoms. The molecule has 100 valence electrons. The average molecular weight is 259 g/mol. The van der Waals surface area contributed by atoms with Crippen LogP contribution in [0.4, 0.5) is 5.69 Å². The van der Waals surface area contributed by atoms with Crippen molar-refractivity contribution >= 4 is 11.6 Å². The topological polar surface area (TPSA) is 56.1 Å². The standard InChI is InChI=1S/C14H17N3O2/c1-3-8-19-13-6-4-12(5-7-13)16-14(18)11-9-15-17(2)10-11/h4-7,9-10H,3,8H2,1-2H3,(H,16,18). The molecule has 0 radical (unpaired) electrons. The molecule has 19 heavy (non-hydrogen) atoms. The molecule has 0 bridgehead atoms. The van der Waals surface area contributed by atoms with E-state index in [1.165, 1.54) is 6.20 Å². The maximum atomic E-state index is 11.9. The Morgan fingerprint density at radius 1 is 1.37 bits per heavy atom. The van der Waals surface area contributed by atoms with Gasteiger partial charge in [-0.15, -0.1) is 0 Å². The van der Waals surface area contributed by atoms with Gasteiger partial charge in [-0.25, -0.2) is 0 Å². The molecule has 0 saturated carbocycles. The van der Waals surface area contributed by atoms with Gasteiger partial charge in [0.1, 0.15) is 5.75 Å². The highest BCUT2D eigenvalue weighted by molar-refractivity contribution is 6.03. The third kappa shape index (κ3) is 3.58. The molecule has 0 unspecified atom stereocenters. The maximum absolute atomic E-state index is 11.9. The van der Waals surface area contributed by atoms with Gasteiger partial charge in [0, 0.05) is 18.9 Å². The Labute approximate surface area is 112 Å². The van der Waals surface area contributed by atoms with E-state index in [0.29, 0.717) is 12.2 Å².